The number of aryl methyl sites for hydroxylation is 1. The number of fused-ring (bicyclic) bond motifs is 5. The number of hydrogen-bond donors (Lipinski definition) is 3. The number of hydrogen-bond acceptors (Lipinski definition) is 8. The van der Waals surface area contributed by atoms with Crippen molar-refractivity contribution in [3.63, 3.8) is 0 Å². The second-order valence-electron chi connectivity index (χ2n) is 9.89. The standard InChI is InChI=1S/C28H30N6O7/c35-25-6-7-30-27(37)19-10-20(28(38)39)12-22(11-19)41-21-4-1-3-18(9-21)15-40-24-14-33(13-23(24)32-25)26(36)5-2-8-34-17-29-16-31-34/h1,3-4,9-12,16-17,23-24H,2,5-8,13-15H2,(H,30,37)(H,32,35)(H,38,39)/t23-,24-/m0/s1. The van der Waals surface area contributed by atoms with Crippen molar-refractivity contribution in [2.75, 3.05) is 19.6 Å². The van der Waals surface area contributed by atoms with Gasteiger partial charge in [-0.1, -0.05) is 12.1 Å². The van der Waals surface area contributed by atoms with Gasteiger partial charge >= 0.3 is 5.97 Å². The van der Waals surface area contributed by atoms with Gasteiger partial charge in [0.05, 0.1) is 24.3 Å². The summed E-state index contributed by atoms with van der Waals surface area (Å²) in [6, 6.07) is 10.7. The number of carbonyl (C=O) groups is 4. The quantitative estimate of drug-likeness (QED) is 0.419. The minimum atomic E-state index is -1.20. The highest BCUT2D eigenvalue weighted by Gasteiger charge is 2.36. The molecule has 3 aromatic rings. The van der Waals surface area contributed by atoms with Gasteiger partial charge in [-0.25, -0.2) is 9.78 Å². The fourth-order valence-corrected chi connectivity index (χ4v) is 4.80. The number of amides is 3. The molecule has 41 heavy (non-hydrogen) atoms. The number of aromatic nitrogens is 3. The Balaban J connectivity index is 1.31. The van der Waals surface area contributed by atoms with E-state index in [1.54, 1.807) is 34.1 Å². The summed E-state index contributed by atoms with van der Waals surface area (Å²) in [5.41, 5.74) is 0.771. The van der Waals surface area contributed by atoms with Crippen molar-refractivity contribution < 1.29 is 33.8 Å². The largest absolute Gasteiger partial charge is 0.478 e. The van der Waals surface area contributed by atoms with Gasteiger partial charge in [0.1, 0.15) is 24.2 Å². The summed E-state index contributed by atoms with van der Waals surface area (Å²) in [5.74, 6) is -1.46. The maximum absolute atomic E-state index is 13.0. The molecule has 0 spiro atoms. The van der Waals surface area contributed by atoms with Crippen LogP contribution in [0.25, 0.3) is 0 Å². The zero-order chi connectivity index (χ0) is 28.8. The van der Waals surface area contributed by atoms with Crippen LogP contribution < -0.4 is 15.4 Å². The zero-order valence-corrected chi connectivity index (χ0v) is 22.2. The Morgan fingerprint density at radius 3 is 2.78 bits per heavy atom. The molecule has 3 amide bonds. The number of likely N-dealkylation sites (tertiary alicyclic amines) is 1. The molecule has 3 N–H and O–H groups in total. The fourth-order valence-electron chi connectivity index (χ4n) is 4.80. The second kappa shape index (κ2) is 12.6. The summed E-state index contributed by atoms with van der Waals surface area (Å²) in [7, 11) is 0. The molecule has 13 nitrogen and oxygen atoms in total. The van der Waals surface area contributed by atoms with Crippen LogP contribution in [0.15, 0.2) is 55.1 Å². The Hall–Kier alpha value is -4.78. The number of ether oxygens (including phenoxy) is 2. The van der Waals surface area contributed by atoms with Crippen LogP contribution >= 0.6 is 0 Å². The van der Waals surface area contributed by atoms with Crippen LogP contribution in [0.4, 0.5) is 0 Å². The van der Waals surface area contributed by atoms with Gasteiger partial charge in [0, 0.05) is 44.6 Å². The van der Waals surface area contributed by atoms with E-state index in [0.717, 1.165) is 5.56 Å². The van der Waals surface area contributed by atoms with Crippen LogP contribution in [0.1, 0.15) is 45.5 Å². The molecule has 5 rings (SSSR count). The van der Waals surface area contributed by atoms with E-state index in [0.29, 0.717) is 38.2 Å². The number of aromatic carboxylic acids is 1. The summed E-state index contributed by atoms with van der Waals surface area (Å²) < 4.78 is 13.8. The van der Waals surface area contributed by atoms with Gasteiger partial charge in [0.2, 0.25) is 11.8 Å². The molecule has 1 saturated heterocycles. The number of carboxylic acid groups (broad SMARTS) is 1. The average Bonchev–Trinajstić information content (AvgIpc) is 3.61. The van der Waals surface area contributed by atoms with E-state index in [1.165, 1.54) is 24.5 Å². The van der Waals surface area contributed by atoms with E-state index >= 15 is 0 Å². The smallest absolute Gasteiger partial charge is 0.335 e. The van der Waals surface area contributed by atoms with E-state index < -0.39 is 24.0 Å². The third-order valence-corrected chi connectivity index (χ3v) is 6.86. The van der Waals surface area contributed by atoms with Crippen molar-refractivity contribution >= 4 is 23.7 Å². The van der Waals surface area contributed by atoms with Crippen molar-refractivity contribution in [2.24, 2.45) is 0 Å². The molecule has 2 aromatic carbocycles. The topological polar surface area (TPSA) is 165 Å². The number of benzene rings is 2. The van der Waals surface area contributed by atoms with Crippen molar-refractivity contribution in [1.29, 1.82) is 0 Å². The first-order chi connectivity index (χ1) is 19.8. The minimum Gasteiger partial charge on any atom is -0.478 e. The van der Waals surface area contributed by atoms with Crippen molar-refractivity contribution in [1.82, 2.24) is 30.3 Å². The molecule has 4 bridgehead atoms. The van der Waals surface area contributed by atoms with E-state index in [9.17, 15) is 24.3 Å². The van der Waals surface area contributed by atoms with Gasteiger partial charge in [0.25, 0.3) is 5.91 Å². The van der Waals surface area contributed by atoms with Crippen LogP contribution in [-0.2, 0) is 27.5 Å². The van der Waals surface area contributed by atoms with Crippen LogP contribution in [0.2, 0.25) is 0 Å². The highest BCUT2D eigenvalue weighted by atomic mass is 16.5. The summed E-state index contributed by atoms with van der Waals surface area (Å²) in [5, 5.41) is 19.2. The lowest BCUT2D eigenvalue weighted by Gasteiger charge is -2.20. The lowest BCUT2D eigenvalue weighted by molar-refractivity contribution is -0.131. The highest BCUT2D eigenvalue weighted by Crippen LogP contribution is 2.26. The SMILES string of the molecule is O=C1CCNC(=O)c2cc(cc(C(=O)O)c2)Oc2cccc(c2)CO[C@H]2CN(C(=O)CCCn3cncn3)C[C@@H]2N1. The Labute approximate surface area is 235 Å². The first kappa shape index (κ1) is 27.8. The molecule has 2 aliphatic rings. The van der Waals surface area contributed by atoms with Gasteiger partial charge in [-0.15, -0.1) is 0 Å². The van der Waals surface area contributed by atoms with E-state index in [1.807, 2.05) is 6.07 Å². The van der Waals surface area contributed by atoms with Crippen LogP contribution in [0, 0.1) is 0 Å². The van der Waals surface area contributed by atoms with E-state index in [-0.39, 0.29) is 48.3 Å². The monoisotopic (exact) mass is 562 g/mol. The maximum atomic E-state index is 13.0. The first-order valence-electron chi connectivity index (χ1n) is 13.3. The van der Waals surface area contributed by atoms with Crippen molar-refractivity contribution in [3.8, 4) is 11.5 Å². The van der Waals surface area contributed by atoms with Crippen molar-refractivity contribution in [3.05, 3.63) is 71.8 Å². The molecular weight excluding hydrogens is 532 g/mol. The van der Waals surface area contributed by atoms with Crippen LogP contribution in [0.5, 0.6) is 11.5 Å². The molecule has 1 fully saturated rings. The number of rotatable bonds is 5. The zero-order valence-electron chi connectivity index (χ0n) is 22.2. The van der Waals surface area contributed by atoms with Gasteiger partial charge in [0.15, 0.2) is 0 Å². The number of nitrogens with one attached hydrogen (secondary N) is 2. The first-order valence-corrected chi connectivity index (χ1v) is 13.3. The Bertz CT molecular complexity index is 1430. The van der Waals surface area contributed by atoms with Gasteiger partial charge in [-0.2, -0.15) is 5.10 Å². The van der Waals surface area contributed by atoms with Gasteiger partial charge in [-0.05, 0) is 42.3 Å². The molecule has 1 aromatic heterocycles. The molecule has 0 saturated carbocycles. The van der Waals surface area contributed by atoms with Gasteiger partial charge < -0.3 is 30.1 Å². The van der Waals surface area contributed by atoms with Crippen molar-refractivity contribution in [2.45, 2.75) is 44.6 Å². The average molecular weight is 563 g/mol. The molecule has 2 atom stereocenters. The molecule has 2 aliphatic heterocycles. The Morgan fingerprint density at radius 1 is 1.10 bits per heavy atom. The van der Waals surface area contributed by atoms with E-state index in [4.69, 9.17) is 9.47 Å². The third kappa shape index (κ3) is 7.25. The highest BCUT2D eigenvalue weighted by molar-refractivity contribution is 5.98. The summed E-state index contributed by atoms with van der Waals surface area (Å²) in [4.78, 5) is 55.8. The van der Waals surface area contributed by atoms with E-state index in [2.05, 4.69) is 20.7 Å². The molecule has 13 heteroatoms. The second-order valence-corrected chi connectivity index (χ2v) is 9.89. The minimum absolute atomic E-state index is 0.0104. The predicted molar refractivity (Wildman–Crippen MR) is 143 cm³/mol. The Kier molecular flexibility index (Phi) is 8.53. The lowest BCUT2D eigenvalue weighted by Crippen LogP contribution is -2.45. The summed E-state index contributed by atoms with van der Waals surface area (Å²) in [6.07, 6.45) is 3.52. The van der Waals surface area contributed by atoms with Gasteiger partial charge in [-0.3, -0.25) is 19.1 Å². The molecular formula is C28H30N6O7. The molecule has 214 valence electrons. The lowest BCUT2D eigenvalue weighted by atomic mass is 10.1. The predicted octanol–water partition coefficient (Wildman–Crippen LogP) is 1.59. The Morgan fingerprint density at radius 2 is 1.98 bits per heavy atom. The molecule has 0 unspecified atom stereocenters. The van der Waals surface area contributed by atoms with Crippen LogP contribution in [0.3, 0.4) is 0 Å². The number of nitrogens with zero attached hydrogens (tertiary/aromatic N) is 4. The number of carboxylic acids is 1. The maximum Gasteiger partial charge on any atom is 0.335 e. The third-order valence-electron chi connectivity index (χ3n) is 6.86. The summed E-state index contributed by atoms with van der Waals surface area (Å²) in [6.45, 7) is 1.43. The number of carbonyl (C=O) groups excluding carboxylic acids is 3. The normalized spacial score (nSPS) is 19.4. The molecule has 3 heterocycles. The molecule has 0 radical (unpaired) electrons. The van der Waals surface area contributed by atoms with Crippen LogP contribution in [-0.4, -0.2) is 80.2 Å². The fraction of sp³-hybridized carbons (Fsp3) is 0.357. The summed E-state index contributed by atoms with van der Waals surface area (Å²) >= 11 is 0. The molecule has 0 aliphatic carbocycles.